The van der Waals surface area contributed by atoms with Crippen LogP contribution in [0.1, 0.15) is 43.9 Å². The van der Waals surface area contributed by atoms with E-state index >= 15 is 0 Å². The van der Waals surface area contributed by atoms with Crippen molar-refractivity contribution < 1.29 is 13.9 Å². The standard InChI is InChI=1S/C24H33NO3Si/c1-5-6-15-29(3,4)27-17-19(2)28-22-14-10-13-21(16-22)24-25-23(18-26-24)20-11-8-7-9-12-20/h7-14,16,19,23H,5-6,15,17-18H2,1-4H3/t19?,23-/m0/s1. The van der Waals surface area contributed by atoms with Gasteiger partial charge in [0.2, 0.25) is 5.90 Å². The molecule has 0 saturated heterocycles. The summed E-state index contributed by atoms with van der Waals surface area (Å²) in [5.41, 5.74) is 2.13. The van der Waals surface area contributed by atoms with Crippen LogP contribution in [0.15, 0.2) is 59.6 Å². The summed E-state index contributed by atoms with van der Waals surface area (Å²) in [7, 11) is -1.60. The molecular formula is C24H33NO3Si. The second-order valence-corrected chi connectivity index (χ2v) is 12.6. The molecule has 1 unspecified atom stereocenters. The summed E-state index contributed by atoms with van der Waals surface area (Å²) >= 11 is 0. The summed E-state index contributed by atoms with van der Waals surface area (Å²) < 4.78 is 18.2. The number of rotatable bonds is 10. The van der Waals surface area contributed by atoms with Gasteiger partial charge >= 0.3 is 0 Å². The summed E-state index contributed by atoms with van der Waals surface area (Å²) in [6.45, 7) is 10.1. The summed E-state index contributed by atoms with van der Waals surface area (Å²) in [4.78, 5) is 4.77. The second kappa shape index (κ2) is 10.1. The second-order valence-electron chi connectivity index (χ2n) is 8.30. The van der Waals surface area contributed by atoms with Crippen LogP contribution in [0.25, 0.3) is 0 Å². The number of benzene rings is 2. The van der Waals surface area contributed by atoms with E-state index in [-0.39, 0.29) is 12.1 Å². The van der Waals surface area contributed by atoms with Crippen LogP contribution in [-0.4, -0.2) is 33.5 Å². The zero-order chi connectivity index (χ0) is 20.7. The van der Waals surface area contributed by atoms with E-state index in [1.165, 1.54) is 24.4 Å². The molecule has 29 heavy (non-hydrogen) atoms. The molecule has 3 rings (SSSR count). The third-order valence-electron chi connectivity index (χ3n) is 5.09. The van der Waals surface area contributed by atoms with E-state index in [4.69, 9.17) is 18.9 Å². The minimum atomic E-state index is -1.60. The summed E-state index contributed by atoms with van der Waals surface area (Å²) in [6, 6.07) is 19.5. The average Bonchev–Trinajstić information content (AvgIpc) is 3.22. The van der Waals surface area contributed by atoms with Gasteiger partial charge in [-0.05, 0) is 49.8 Å². The predicted octanol–water partition coefficient (Wildman–Crippen LogP) is 5.99. The van der Waals surface area contributed by atoms with Gasteiger partial charge in [-0.3, -0.25) is 0 Å². The Morgan fingerprint density at radius 1 is 1.14 bits per heavy atom. The van der Waals surface area contributed by atoms with Crippen LogP contribution in [0.3, 0.4) is 0 Å². The first-order chi connectivity index (χ1) is 14.0. The first-order valence-corrected chi connectivity index (χ1v) is 13.7. The zero-order valence-electron chi connectivity index (χ0n) is 18.1. The lowest BCUT2D eigenvalue weighted by Crippen LogP contribution is -2.34. The lowest BCUT2D eigenvalue weighted by molar-refractivity contribution is 0.138. The van der Waals surface area contributed by atoms with E-state index < -0.39 is 8.32 Å². The monoisotopic (exact) mass is 411 g/mol. The Kier molecular flexibility index (Phi) is 7.50. The summed E-state index contributed by atoms with van der Waals surface area (Å²) in [6.07, 6.45) is 2.46. The molecule has 0 fully saturated rings. The van der Waals surface area contributed by atoms with Gasteiger partial charge in [0.15, 0.2) is 8.32 Å². The topological polar surface area (TPSA) is 40.0 Å². The van der Waals surface area contributed by atoms with E-state index in [1.807, 2.05) is 42.5 Å². The molecule has 5 heteroatoms. The quantitative estimate of drug-likeness (QED) is 0.451. The lowest BCUT2D eigenvalue weighted by atomic mass is 10.1. The molecule has 0 amide bonds. The molecule has 2 aromatic carbocycles. The Labute approximate surface area is 176 Å². The first kappa shape index (κ1) is 21.6. The largest absolute Gasteiger partial charge is 0.488 e. The van der Waals surface area contributed by atoms with Gasteiger partial charge in [-0.15, -0.1) is 0 Å². The molecule has 0 saturated carbocycles. The molecule has 1 aliphatic rings. The molecular weight excluding hydrogens is 378 g/mol. The van der Waals surface area contributed by atoms with Gasteiger partial charge in [0, 0.05) is 5.56 Å². The average molecular weight is 412 g/mol. The smallest absolute Gasteiger partial charge is 0.217 e. The van der Waals surface area contributed by atoms with Gasteiger partial charge in [-0.2, -0.15) is 0 Å². The van der Waals surface area contributed by atoms with Crippen LogP contribution in [0.5, 0.6) is 5.75 Å². The Bertz CT molecular complexity index is 807. The molecule has 0 radical (unpaired) electrons. The molecule has 1 heterocycles. The number of nitrogens with zero attached hydrogens (tertiary/aromatic N) is 1. The van der Waals surface area contributed by atoms with Gasteiger partial charge in [-0.25, -0.2) is 4.99 Å². The van der Waals surface area contributed by atoms with E-state index in [9.17, 15) is 0 Å². The number of hydrogen-bond acceptors (Lipinski definition) is 4. The van der Waals surface area contributed by atoms with Crippen LogP contribution in [0.2, 0.25) is 19.1 Å². The lowest BCUT2D eigenvalue weighted by Gasteiger charge is -2.25. The Hall–Kier alpha value is -2.11. The SMILES string of the molecule is CCCC[Si](C)(C)OCC(C)Oc1cccc(C2=N[C@H](c3ccccc3)CO2)c1. The highest BCUT2D eigenvalue weighted by molar-refractivity contribution is 6.71. The maximum Gasteiger partial charge on any atom is 0.217 e. The fraction of sp³-hybridized carbons (Fsp3) is 0.458. The normalized spacial score (nSPS) is 17.5. The van der Waals surface area contributed by atoms with Crippen molar-refractivity contribution in [2.75, 3.05) is 13.2 Å². The van der Waals surface area contributed by atoms with Crippen molar-refractivity contribution >= 4 is 14.2 Å². The van der Waals surface area contributed by atoms with Gasteiger partial charge in [0.25, 0.3) is 0 Å². The van der Waals surface area contributed by atoms with Crippen molar-refractivity contribution in [3.63, 3.8) is 0 Å². The third-order valence-corrected chi connectivity index (χ3v) is 7.60. The van der Waals surface area contributed by atoms with Crippen molar-refractivity contribution in [3.8, 4) is 5.75 Å². The highest BCUT2D eigenvalue weighted by Crippen LogP contribution is 2.26. The highest BCUT2D eigenvalue weighted by atomic mass is 28.4. The molecule has 4 nitrogen and oxygen atoms in total. The van der Waals surface area contributed by atoms with Crippen molar-refractivity contribution in [1.82, 2.24) is 0 Å². The molecule has 0 N–H and O–H groups in total. The van der Waals surface area contributed by atoms with Crippen molar-refractivity contribution in [3.05, 3.63) is 65.7 Å². The maximum absolute atomic E-state index is 6.22. The van der Waals surface area contributed by atoms with Gasteiger partial charge in [0.05, 0.1) is 6.61 Å². The molecule has 2 aromatic rings. The van der Waals surface area contributed by atoms with Crippen molar-refractivity contribution in [2.45, 2.75) is 58.0 Å². The van der Waals surface area contributed by atoms with E-state index in [0.29, 0.717) is 19.1 Å². The van der Waals surface area contributed by atoms with Crippen LogP contribution in [-0.2, 0) is 9.16 Å². The van der Waals surface area contributed by atoms with E-state index in [1.54, 1.807) is 0 Å². The highest BCUT2D eigenvalue weighted by Gasteiger charge is 2.24. The fourth-order valence-electron chi connectivity index (χ4n) is 3.36. The van der Waals surface area contributed by atoms with Crippen molar-refractivity contribution in [1.29, 1.82) is 0 Å². The fourth-order valence-corrected chi connectivity index (χ4v) is 5.40. The molecule has 0 aliphatic carbocycles. The maximum atomic E-state index is 6.22. The molecule has 0 bridgehead atoms. The minimum Gasteiger partial charge on any atom is -0.488 e. The van der Waals surface area contributed by atoms with Gasteiger partial charge in [0.1, 0.15) is 24.5 Å². The molecule has 156 valence electrons. The molecule has 2 atom stereocenters. The minimum absolute atomic E-state index is 0.00199. The summed E-state index contributed by atoms with van der Waals surface area (Å²) in [5, 5.41) is 0. The van der Waals surface area contributed by atoms with Gasteiger partial charge in [-0.1, -0.05) is 56.2 Å². The van der Waals surface area contributed by atoms with Crippen molar-refractivity contribution in [2.24, 2.45) is 4.99 Å². The zero-order valence-corrected chi connectivity index (χ0v) is 19.1. The van der Waals surface area contributed by atoms with E-state index in [2.05, 4.69) is 39.1 Å². The van der Waals surface area contributed by atoms with Crippen LogP contribution in [0.4, 0.5) is 0 Å². The Balaban J connectivity index is 1.58. The number of hydrogen-bond donors (Lipinski definition) is 0. The number of unbranched alkanes of at least 4 members (excludes halogenated alkanes) is 1. The van der Waals surface area contributed by atoms with Gasteiger partial charge < -0.3 is 13.9 Å². The summed E-state index contributed by atoms with van der Waals surface area (Å²) in [5.74, 6) is 1.50. The predicted molar refractivity (Wildman–Crippen MR) is 121 cm³/mol. The number of ether oxygens (including phenoxy) is 2. The number of aliphatic imine (C=N–C) groups is 1. The van der Waals surface area contributed by atoms with Crippen LogP contribution >= 0.6 is 0 Å². The van der Waals surface area contributed by atoms with Crippen LogP contribution in [0, 0.1) is 0 Å². The Morgan fingerprint density at radius 2 is 1.93 bits per heavy atom. The van der Waals surface area contributed by atoms with Crippen LogP contribution < -0.4 is 4.74 Å². The third kappa shape index (κ3) is 6.44. The Morgan fingerprint density at radius 3 is 2.69 bits per heavy atom. The molecule has 0 spiro atoms. The molecule has 0 aromatic heterocycles. The first-order valence-electron chi connectivity index (χ1n) is 10.6. The molecule has 1 aliphatic heterocycles. The van der Waals surface area contributed by atoms with E-state index in [0.717, 1.165) is 11.3 Å².